The van der Waals surface area contributed by atoms with Crippen LogP contribution in [0, 0.1) is 0 Å². The fourth-order valence-electron chi connectivity index (χ4n) is 15.1. The molecule has 9 aliphatic rings. The van der Waals surface area contributed by atoms with E-state index in [2.05, 4.69) is 82.2 Å². The van der Waals surface area contributed by atoms with Crippen LogP contribution in [0.1, 0.15) is 114 Å². The summed E-state index contributed by atoms with van der Waals surface area (Å²) < 4.78 is 142. The molecular formula is C98H144N4O23S24. The maximum absolute atomic E-state index is 9.41. The molecule has 0 atom stereocenters. The van der Waals surface area contributed by atoms with Crippen molar-refractivity contribution in [1.29, 1.82) is 0 Å². The Labute approximate surface area is 983 Å². The van der Waals surface area contributed by atoms with Gasteiger partial charge in [0.1, 0.15) is 0 Å². The van der Waals surface area contributed by atoms with E-state index in [0.717, 1.165) is 76.1 Å². The third kappa shape index (κ3) is 38.0. The lowest BCUT2D eigenvalue weighted by atomic mass is 9.85. The van der Waals surface area contributed by atoms with Gasteiger partial charge in [0.2, 0.25) is 0 Å². The summed E-state index contributed by atoms with van der Waals surface area (Å²) in [5.41, 5.74) is 6.60. The Kier molecular flexibility index (Phi) is 60.2. The van der Waals surface area contributed by atoms with Crippen LogP contribution in [0.3, 0.4) is 0 Å². The Bertz CT molecular complexity index is 4520. The minimum Gasteiger partial charge on any atom is -0.394 e. The Balaban J connectivity index is 0.926. The third-order valence-corrected chi connectivity index (χ3v) is 57.1. The van der Waals surface area contributed by atoms with Crippen LogP contribution in [0.5, 0.6) is 0 Å². The van der Waals surface area contributed by atoms with Crippen LogP contribution in [0.25, 0.3) is 0 Å². The van der Waals surface area contributed by atoms with Crippen LogP contribution >= 0.6 is 282 Å². The van der Waals surface area contributed by atoms with E-state index in [4.69, 9.17) is 99.5 Å². The second-order valence-electron chi connectivity index (χ2n) is 34.9. The second-order valence-corrected chi connectivity index (χ2v) is 64.2. The molecule has 8 bridgehead atoms. The summed E-state index contributed by atoms with van der Waals surface area (Å²) in [5.74, 6) is 6.26. The van der Waals surface area contributed by atoms with Gasteiger partial charge in [-0.2, -0.15) is 0 Å². The number of ether oxygens (including phenoxy) is 21. The number of hydrogen-bond acceptors (Lipinski definition) is 47. The molecule has 0 saturated heterocycles. The highest BCUT2D eigenvalue weighted by Crippen LogP contribution is 2.74. The maximum atomic E-state index is 9.41. The smallest absolute Gasteiger partial charge is 0.0717 e. The van der Waals surface area contributed by atoms with Gasteiger partial charge in [-0.1, -0.05) is 195 Å². The third-order valence-electron chi connectivity index (χ3n) is 22.7. The van der Waals surface area contributed by atoms with Crippen LogP contribution in [-0.2, 0) is 121 Å². The summed E-state index contributed by atoms with van der Waals surface area (Å²) in [4.78, 5) is 27.9. The molecule has 0 aliphatic carbocycles. The SMILES string of the molecule is CCCOCCOCCSC1=C(SCCOCCOCCOC)S/C(=C2/Sc3c4[nH]c(c3S2)C(C)(C)c2[nH]c(c3c2SC(=C2SC(SCCOCCOCCOC)=C(SCCOCCOCCOC)S2)S3)C(C)(C)c2[nH]c(c3c2SC(=C2SC(SCCOCCOCCOC)=C(SCCOCCOCCOC)S2)S3)C(C)(C)c2[nH]c(c3c2SC(=C2SC(SCCOCCOCCO)=C(SCCOCCOCCO)S2)S3)C4(C)C)S1. The number of aromatic amines is 4. The number of methoxy groups -OCH3 is 5. The van der Waals surface area contributed by atoms with Gasteiger partial charge in [0, 0.05) is 195 Å². The van der Waals surface area contributed by atoms with E-state index in [9.17, 15) is 10.2 Å². The fourth-order valence-corrected chi connectivity index (χ4v) is 51.1. The van der Waals surface area contributed by atoms with Gasteiger partial charge in [-0.25, -0.2) is 0 Å². The van der Waals surface area contributed by atoms with Crippen molar-refractivity contribution in [1.82, 2.24) is 19.9 Å². The van der Waals surface area contributed by atoms with E-state index in [-0.39, 0.29) is 26.4 Å². The molecule has 4 aromatic rings. The summed E-state index contributed by atoms with van der Waals surface area (Å²) in [6.45, 7) is 41.1. The molecule has 6 N–H and O–H groups in total. The largest absolute Gasteiger partial charge is 0.394 e. The van der Waals surface area contributed by atoms with Crippen molar-refractivity contribution in [2.75, 3.05) is 339 Å². The summed E-state index contributed by atoms with van der Waals surface area (Å²) in [7, 11) is 8.46. The van der Waals surface area contributed by atoms with Crippen molar-refractivity contribution in [3.05, 3.63) is 113 Å². The molecule has 0 fully saturated rings. The number of aromatic nitrogens is 4. The van der Waals surface area contributed by atoms with Gasteiger partial charge in [0.05, 0.1) is 319 Å². The highest BCUT2D eigenvalue weighted by molar-refractivity contribution is 8.45. The van der Waals surface area contributed by atoms with Crippen molar-refractivity contribution < 1.29 is 110 Å². The van der Waals surface area contributed by atoms with Crippen LogP contribution in [-0.4, -0.2) is 369 Å². The molecule has 0 aromatic carbocycles. The highest BCUT2D eigenvalue weighted by atomic mass is 32.3. The van der Waals surface area contributed by atoms with Gasteiger partial charge in [0.15, 0.2) is 0 Å². The lowest BCUT2D eigenvalue weighted by molar-refractivity contribution is 0.0286. The molecule has 13 heterocycles. The van der Waals surface area contributed by atoms with E-state index >= 15 is 0 Å². The van der Waals surface area contributed by atoms with Crippen molar-refractivity contribution >= 4 is 282 Å². The highest BCUT2D eigenvalue weighted by Gasteiger charge is 2.52. The summed E-state index contributed by atoms with van der Waals surface area (Å²) in [5, 5.41) is 18.8. The van der Waals surface area contributed by atoms with E-state index < -0.39 is 21.7 Å². The minimum atomic E-state index is -0.685. The molecule has 13 rings (SSSR count). The predicted molar refractivity (Wildman–Crippen MR) is 652 cm³/mol. The van der Waals surface area contributed by atoms with Crippen molar-refractivity contribution in [3.8, 4) is 0 Å². The first-order chi connectivity index (χ1) is 72.7. The lowest BCUT2D eigenvalue weighted by Gasteiger charge is -2.30. The van der Waals surface area contributed by atoms with Crippen LogP contribution in [0.2, 0.25) is 0 Å². The molecule has 51 heteroatoms. The van der Waals surface area contributed by atoms with Gasteiger partial charge < -0.3 is 130 Å². The second kappa shape index (κ2) is 69.8. The molecule has 27 nitrogen and oxygen atoms in total. The van der Waals surface area contributed by atoms with E-state index in [1.807, 2.05) is 282 Å². The Morgan fingerprint density at radius 3 is 0.450 bits per heavy atom. The fraction of sp³-hybridized carbons (Fsp3) is 0.673. The average molecular weight is 2520 g/mol. The summed E-state index contributed by atoms with van der Waals surface area (Å²) >= 11 is 45.5. The number of hydrogen-bond donors (Lipinski definition) is 6. The Morgan fingerprint density at radius 2 is 0.309 bits per heavy atom. The first-order valence-electron chi connectivity index (χ1n) is 49.5. The first-order valence-corrected chi connectivity index (χ1v) is 70.5. The number of thioether (sulfide) groups is 24. The topological polar surface area (TPSA) is 297 Å². The number of aliphatic hydroxyl groups is 2. The molecule has 149 heavy (non-hydrogen) atoms. The van der Waals surface area contributed by atoms with Gasteiger partial charge in [-0.3, -0.25) is 0 Å². The van der Waals surface area contributed by atoms with E-state index in [1.165, 1.54) is 135 Å². The van der Waals surface area contributed by atoms with Gasteiger partial charge in [-0.05, 0) is 61.8 Å². The Hall–Kier alpha value is 2.52. The van der Waals surface area contributed by atoms with Gasteiger partial charge >= 0.3 is 0 Å². The zero-order valence-electron chi connectivity index (χ0n) is 87.2. The standard InChI is InChI=1S/C98H144N4O23S24/c1-15-18-110-31-39-118-47-55-126-79-82(129-58-50-121-42-34-113-26-21-105-10)145-91(142-79)87-134-63-64(135-87)72-96(4,5)75-67-69(140-89(138-67)93-146-83(130-59-51-122-43-35-114-27-22-106-11)84(147-93)131-60-52-123-44-36-115-28-23-107-12)77(101-75)98(8,9)78-70-68(139-90(141-70)94-148-85(132-61-53-124-45-37-116-29-24-108-13)86(149-94)133-62-54-125-46-38-117-30-25-109-14)76(102-78)97(6,7)74-66-65(73(100-74)95(2,3)71(63)99-72)136-88(137-66)92-143-80(127-56-48-119-40-32-111-19-16-103)81(144-92)128-57-49-120-41-33-112-20-17-104/h99-104H,15-62H2,1-14H3/b91-87-. The normalized spacial score (nSPS) is 18.2. The molecule has 838 valence electrons. The lowest BCUT2D eigenvalue weighted by Crippen LogP contribution is -2.27. The number of rotatable bonds is 77. The van der Waals surface area contributed by atoms with Gasteiger partial charge in [0.25, 0.3) is 0 Å². The van der Waals surface area contributed by atoms with Crippen LogP contribution in [0.15, 0.2) is 107 Å². The van der Waals surface area contributed by atoms with Crippen LogP contribution < -0.4 is 0 Å². The first kappa shape index (κ1) is 128. The number of H-pyrrole nitrogens is 4. The molecule has 0 saturated carbocycles. The van der Waals surface area contributed by atoms with E-state index in [1.54, 1.807) is 35.5 Å². The van der Waals surface area contributed by atoms with Crippen molar-refractivity contribution in [2.24, 2.45) is 0 Å². The molecule has 0 unspecified atom stereocenters. The van der Waals surface area contributed by atoms with Gasteiger partial charge in [-0.15, -0.1) is 94.1 Å². The number of fused-ring (bicyclic) bond motifs is 20. The van der Waals surface area contributed by atoms with Crippen LogP contribution in [0.4, 0.5) is 0 Å². The molecule has 9 aliphatic heterocycles. The monoisotopic (exact) mass is 2510 g/mol. The zero-order valence-corrected chi connectivity index (χ0v) is 107. The molecule has 0 radical (unpaired) electrons. The summed E-state index contributed by atoms with van der Waals surface area (Å²) in [6, 6.07) is 0. The zero-order chi connectivity index (χ0) is 105. The number of nitrogens with one attached hydrogen (secondary N) is 4. The summed E-state index contributed by atoms with van der Waals surface area (Å²) in [6.07, 6.45) is 0.975. The maximum Gasteiger partial charge on any atom is 0.0717 e. The Morgan fingerprint density at radius 1 is 0.181 bits per heavy atom. The average Bonchev–Trinajstić information content (AvgIpc) is 1.53. The molecule has 0 spiro atoms. The quantitative estimate of drug-likeness (QED) is 0.0224. The predicted octanol–water partition coefficient (Wildman–Crippen LogP) is 25.1. The minimum absolute atomic E-state index is 0.0244. The molecule has 4 aromatic heterocycles. The molecular weight excluding hydrogens is 2370 g/mol. The van der Waals surface area contributed by atoms with E-state index in [0.29, 0.717) is 225 Å². The van der Waals surface area contributed by atoms with Crippen molar-refractivity contribution in [3.63, 3.8) is 0 Å². The number of aliphatic hydroxyl groups excluding tert-OH is 2. The van der Waals surface area contributed by atoms with Crippen molar-refractivity contribution in [2.45, 2.75) is 130 Å². The molecule has 0 amide bonds.